The molecule has 25 heavy (non-hydrogen) atoms. The van der Waals surface area contributed by atoms with Gasteiger partial charge in [-0.15, -0.1) is 12.4 Å². The molecule has 1 amide bonds. The van der Waals surface area contributed by atoms with E-state index in [0.717, 1.165) is 36.0 Å². The van der Waals surface area contributed by atoms with Crippen LogP contribution in [0.3, 0.4) is 0 Å². The topological polar surface area (TPSA) is 50.4 Å². The summed E-state index contributed by atoms with van der Waals surface area (Å²) in [6.45, 7) is 1.82. The first kappa shape index (κ1) is 19.8. The lowest BCUT2D eigenvalue weighted by Gasteiger charge is -2.27. The van der Waals surface area contributed by atoms with E-state index in [-0.39, 0.29) is 24.4 Å². The van der Waals surface area contributed by atoms with Crippen molar-refractivity contribution in [1.29, 1.82) is 0 Å². The number of rotatable bonds is 5. The zero-order chi connectivity index (χ0) is 16.8. The first-order valence-electron chi connectivity index (χ1n) is 8.21. The summed E-state index contributed by atoms with van der Waals surface area (Å²) in [6, 6.07) is 17.3. The molecule has 0 saturated carbocycles. The van der Waals surface area contributed by atoms with E-state index >= 15 is 0 Å². The van der Waals surface area contributed by atoms with Crippen molar-refractivity contribution in [1.82, 2.24) is 10.6 Å². The first-order chi connectivity index (χ1) is 11.7. The van der Waals surface area contributed by atoms with Crippen LogP contribution in [-0.2, 0) is 4.79 Å². The Bertz CT molecular complexity index is 678. The maximum absolute atomic E-state index is 12.8. The molecular weight excluding hydrogens is 404 g/mol. The quantitative estimate of drug-likeness (QED) is 0.765. The van der Waals surface area contributed by atoms with Crippen molar-refractivity contribution in [2.75, 3.05) is 13.1 Å². The van der Waals surface area contributed by atoms with E-state index in [4.69, 9.17) is 4.74 Å². The van der Waals surface area contributed by atoms with Crippen molar-refractivity contribution in [2.45, 2.75) is 25.0 Å². The molecule has 6 heteroatoms. The fourth-order valence-electron chi connectivity index (χ4n) is 2.82. The summed E-state index contributed by atoms with van der Waals surface area (Å²) in [6.07, 6.45) is 1.40. The predicted octanol–water partition coefficient (Wildman–Crippen LogP) is 3.86. The second kappa shape index (κ2) is 9.80. The molecule has 0 aliphatic carbocycles. The molecule has 3 rings (SSSR count). The van der Waals surface area contributed by atoms with Crippen LogP contribution >= 0.6 is 28.3 Å². The van der Waals surface area contributed by atoms with Crippen molar-refractivity contribution in [2.24, 2.45) is 0 Å². The van der Waals surface area contributed by atoms with Crippen molar-refractivity contribution < 1.29 is 9.53 Å². The summed E-state index contributed by atoms with van der Waals surface area (Å²) in [5.74, 6) is 0.550. The van der Waals surface area contributed by atoms with Crippen molar-refractivity contribution >= 4 is 34.2 Å². The SMILES string of the molecule is Cl.O=C(N[C@H]1CCCNC1)C(Oc1ccccc1Br)c1ccccc1. The highest BCUT2D eigenvalue weighted by Crippen LogP contribution is 2.29. The minimum absolute atomic E-state index is 0. The molecule has 2 N–H and O–H groups in total. The molecule has 1 aliphatic heterocycles. The van der Waals surface area contributed by atoms with Crippen LogP contribution in [0.1, 0.15) is 24.5 Å². The van der Waals surface area contributed by atoms with Gasteiger partial charge in [0.15, 0.2) is 0 Å². The standard InChI is InChI=1S/C19H21BrN2O2.ClH/c20-16-10-4-5-11-17(16)24-18(14-7-2-1-3-8-14)19(23)22-15-9-6-12-21-13-15;/h1-5,7-8,10-11,15,18,21H,6,9,12-13H2,(H,22,23);1H/t15-,18?;/m0./s1. The zero-order valence-corrected chi connectivity index (χ0v) is 16.2. The van der Waals surface area contributed by atoms with Gasteiger partial charge in [0.25, 0.3) is 5.91 Å². The number of piperidine rings is 1. The van der Waals surface area contributed by atoms with Crippen LogP contribution in [0.15, 0.2) is 59.1 Å². The zero-order valence-electron chi connectivity index (χ0n) is 13.8. The molecule has 1 heterocycles. The third kappa shape index (κ3) is 5.46. The summed E-state index contributed by atoms with van der Waals surface area (Å²) in [4.78, 5) is 12.8. The Morgan fingerprint density at radius 1 is 1.16 bits per heavy atom. The Morgan fingerprint density at radius 2 is 1.88 bits per heavy atom. The fourth-order valence-corrected chi connectivity index (χ4v) is 3.20. The molecule has 0 spiro atoms. The van der Waals surface area contributed by atoms with E-state index in [9.17, 15) is 4.79 Å². The Morgan fingerprint density at radius 3 is 2.56 bits per heavy atom. The Balaban J connectivity index is 0.00000225. The summed E-state index contributed by atoms with van der Waals surface area (Å²) >= 11 is 3.48. The molecule has 0 aromatic heterocycles. The van der Waals surface area contributed by atoms with Gasteiger partial charge in [-0.2, -0.15) is 0 Å². The normalized spacial score (nSPS) is 17.9. The summed E-state index contributed by atoms with van der Waals surface area (Å²) in [5.41, 5.74) is 0.842. The number of nitrogens with one attached hydrogen (secondary N) is 2. The van der Waals surface area contributed by atoms with Gasteiger partial charge in [0, 0.05) is 18.2 Å². The Kier molecular flexibility index (Phi) is 7.75. The number of para-hydroxylation sites is 1. The number of hydrogen-bond donors (Lipinski definition) is 2. The molecule has 134 valence electrons. The van der Waals surface area contributed by atoms with Gasteiger partial charge in [-0.05, 0) is 47.4 Å². The van der Waals surface area contributed by atoms with Crippen LogP contribution in [0.4, 0.5) is 0 Å². The third-order valence-electron chi connectivity index (χ3n) is 4.07. The van der Waals surface area contributed by atoms with E-state index in [0.29, 0.717) is 5.75 Å². The molecule has 0 bridgehead atoms. The predicted molar refractivity (Wildman–Crippen MR) is 105 cm³/mol. The summed E-state index contributed by atoms with van der Waals surface area (Å²) < 4.78 is 6.89. The smallest absolute Gasteiger partial charge is 0.266 e. The monoisotopic (exact) mass is 424 g/mol. The lowest BCUT2D eigenvalue weighted by molar-refractivity contribution is -0.129. The van der Waals surface area contributed by atoms with Gasteiger partial charge in [-0.25, -0.2) is 0 Å². The Hall–Kier alpha value is -1.56. The average molecular weight is 426 g/mol. The number of benzene rings is 2. The van der Waals surface area contributed by atoms with Gasteiger partial charge in [0.05, 0.1) is 4.47 Å². The van der Waals surface area contributed by atoms with Gasteiger partial charge in [0.2, 0.25) is 6.10 Å². The van der Waals surface area contributed by atoms with Gasteiger partial charge >= 0.3 is 0 Å². The minimum Gasteiger partial charge on any atom is -0.475 e. The van der Waals surface area contributed by atoms with Gasteiger partial charge < -0.3 is 15.4 Å². The Labute approximate surface area is 162 Å². The van der Waals surface area contributed by atoms with E-state index in [1.54, 1.807) is 0 Å². The van der Waals surface area contributed by atoms with E-state index in [1.165, 1.54) is 0 Å². The molecule has 0 radical (unpaired) electrons. The molecular formula is C19H22BrClN2O2. The van der Waals surface area contributed by atoms with Crippen LogP contribution in [0.5, 0.6) is 5.75 Å². The van der Waals surface area contributed by atoms with E-state index in [1.807, 2.05) is 54.6 Å². The lowest BCUT2D eigenvalue weighted by Crippen LogP contribution is -2.47. The summed E-state index contributed by atoms with van der Waals surface area (Å²) in [5, 5.41) is 6.43. The molecule has 2 atom stereocenters. The molecule has 2 aromatic carbocycles. The second-order valence-electron chi connectivity index (χ2n) is 5.89. The van der Waals surface area contributed by atoms with Crippen molar-refractivity contribution in [3.05, 3.63) is 64.6 Å². The molecule has 1 unspecified atom stereocenters. The third-order valence-corrected chi connectivity index (χ3v) is 4.72. The van der Waals surface area contributed by atoms with Gasteiger partial charge in [-0.3, -0.25) is 4.79 Å². The van der Waals surface area contributed by atoms with Crippen LogP contribution in [0.25, 0.3) is 0 Å². The van der Waals surface area contributed by atoms with Crippen molar-refractivity contribution in [3.8, 4) is 5.75 Å². The second-order valence-corrected chi connectivity index (χ2v) is 6.75. The highest BCUT2D eigenvalue weighted by molar-refractivity contribution is 9.10. The number of carbonyl (C=O) groups is 1. The number of carbonyl (C=O) groups excluding carboxylic acids is 1. The number of halogens is 2. The highest BCUT2D eigenvalue weighted by Gasteiger charge is 2.26. The van der Waals surface area contributed by atoms with Crippen LogP contribution < -0.4 is 15.4 Å². The van der Waals surface area contributed by atoms with Crippen LogP contribution in [-0.4, -0.2) is 25.0 Å². The van der Waals surface area contributed by atoms with E-state index in [2.05, 4.69) is 26.6 Å². The lowest BCUT2D eigenvalue weighted by atomic mass is 10.1. The van der Waals surface area contributed by atoms with Gasteiger partial charge in [0.1, 0.15) is 5.75 Å². The molecule has 4 nitrogen and oxygen atoms in total. The molecule has 1 saturated heterocycles. The molecule has 1 fully saturated rings. The molecule has 2 aromatic rings. The van der Waals surface area contributed by atoms with Crippen molar-refractivity contribution in [3.63, 3.8) is 0 Å². The summed E-state index contributed by atoms with van der Waals surface area (Å²) in [7, 11) is 0. The average Bonchev–Trinajstić information content (AvgIpc) is 2.62. The number of amides is 1. The van der Waals surface area contributed by atoms with Crippen LogP contribution in [0, 0.1) is 0 Å². The van der Waals surface area contributed by atoms with E-state index < -0.39 is 6.10 Å². The minimum atomic E-state index is -0.674. The maximum atomic E-state index is 12.8. The maximum Gasteiger partial charge on any atom is 0.266 e. The molecule has 1 aliphatic rings. The first-order valence-corrected chi connectivity index (χ1v) is 9.00. The number of hydrogen-bond acceptors (Lipinski definition) is 3. The fraction of sp³-hybridized carbons (Fsp3) is 0.316. The van der Waals surface area contributed by atoms with Gasteiger partial charge in [-0.1, -0.05) is 42.5 Å². The largest absolute Gasteiger partial charge is 0.475 e. The van der Waals surface area contributed by atoms with Crippen LogP contribution in [0.2, 0.25) is 0 Å². The number of ether oxygens (including phenoxy) is 1. The highest BCUT2D eigenvalue weighted by atomic mass is 79.9.